The van der Waals surface area contributed by atoms with Crippen LogP contribution in [0.1, 0.15) is 55.1 Å². The van der Waals surface area contributed by atoms with Crippen LogP contribution in [-0.4, -0.2) is 18.2 Å². The van der Waals surface area contributed by atoms with Crippen molar-refractivity contribution in [3.8, 4) is 0 Å². The van der Waals surface area contributed by atoms with Gasteiger partial charge in [-0.1, -0.05) is 19.3 Å². The summed E-state index contributed by atoms with van der Waals surface area (Å²) >= 11 is 1.75. The SMILES string of the molecule is NC1(c2nc(C3CCOC3)cs2)CCCCC1. The van der Waals surface area contributed by atoms with Crippen molar-refractivity contribution in [2.75, 3.05) is 13.2 Å². The quantitative estimate of drug-likeness (QED) is 0.880. The minimum atomic E-state index is -0.138. The van der Waals surface area contributed by atoms with Gasteiger partial charge >= 0.3 is 0 Å². The van der Waals surface area contributed by atoms with Crippen molar-refractivity contribution in [3.05, 3.63) is 16.1 Å². The Bertz CT molecular complexity index is 379. The van der Waals surface area contributed by atoms with Gasteiger partial charge in [0.05, 0.1) is 17.8 Å². The third kappa shape index (κ3) is 2.26. The van der Waals surface area contributed by atoms with E-state index in [2.05, 4.69) is 5.38 Å². The lowest BCUT2D eigenvalue weighted by Crippen LogP contribution is -2.38. The van der Waals surface area contributed by atoms with Gasteiger partial charge in [-0.15, -0.1) is 11.3 Å². The normalized spacial score (nSPS) is 28.4. The van der Waals surface area contributed by atoms with Crippen LogP contribution in [0.15, 0.2) is 5.38 Å². The van der Waals surface area contributed by atoms with Gasteiger partial charge in [0.25, 0.3) is 0 Å². The van der Waals surface area contributed by atoms with Crippen LogP contribution in [0.4, 0.5) is 0 Å². The van der Waals surface area contributed by atoms with Crippen LogP contribution in [0, 0.1) is 0 Å². The van der Waals surface area contributed by atoms with Gasteiger partial charge in [0.2, 0.25) is 0 Å². The van der Waals surface area contributed by atoms with Crippen LogP contribution < -0.4 is 5.73 Å². The number of thiazole rings is 1. The lowest BCUT2D eigenvalue weighted by Gasteiger charge is -2.31. The molecule has 2 aliphatic rings. The zero-order valence-electron chi connectivity index (χ0n) is 10.2. The van der Waals surface area contributed by atoms with Gasteiger partial charge in [-0.05, 0) is 19.3 Å². The van der Waals surface area contributed by atoms with Crippen LogP contribution in [0.2, 0.25) is 0 Å². The first-order valence-electron chi connectivity index (χ1n) is 6.60. The second-order valence-corrected chi connectivity index (χ2v) is 6.21. The van der Waals surface area contributed by atoms with Gasteiger partial charge < -0.3 is 10.5 Å². The van der Waals surface area contributed by atoms with Gasteiger partial charge in [0.1, 0.15) is 5.01 Å². The fourth-order valence-corrected chi connectivity index (χ4v) is 3.94. The number of ether oxygens (including phenoxy) is 1. The molecule has 1 aromatic rings. The molecule has 1 saturated heterocycles. The molecule has 1 aromatic heterocycles. The second-order valence-electron chi connectivity index (χ2n) is 5.35. The molecule has 94 valence electrons. The molecule has 3 nitrogen and oxygen atoms in total. The fourth-order valence-electron chi connectivity index (χ4n) is 2.87. The maximum atomic E-state index is 6.51. The molecule has 1 atom stereocenters. The van der Waals surface area contributed by atoms with E-state index < -0.39 is 0 Å². The molecule has 4 heteroatoms. The van der Waals surface area contributed by atoms with E-state index in [9.17, 15) is 0 Å². The summed E-state index contributed by atoms with van der Waals surface area (Å²) in [5, 5.41) is 3.34. The summed E-state index contributed by atoms with van der Waals surface area (Å²) in [5.74, 6) is 0.507. The molecule has 2 heterocycles. The highest BCUT2D eigenvalue weighted by Gasteiger charge is 2.33. The highest BCUT2D eigenvalue weighted by atomic mass is 32.1. The first-order valence-corrected chi connectivity index (χ1v) is 7.48. The van der Waals surface area contributed by atoms with E-state index in [0.717, 1.165) is 37.5 Å². The number of nitrogens with zero attached hydrogens (tertiary/aromatic N) is 1. The van der Waals surface area contributed by atoms with E-state index in [4.69, 9.17) is 15.5 Å². The Morgan fingerprint density at radius 1 is 1.35 bits per heavy atom. The van der Waals surface area contributed by atoms with Crippen molar-refractivity contribution < 1.29 is 4.74 Å². The van der Waals surface area contributed by atoms with E-state index in [1.807, 2.05) is 0 Å². The second kappa shape index (κ2) is 4.67. The zero-order valence-corrected chi connectivity index (χ0v) is 11.0. The van der Waals surface area contributed by atoms with Crippen molar-refractivity contribution in [1.29, 1.82) is 0 Å². The molecular weight excluding hydrogens is 232 g/mol. The smallest absolute Gasteiger partial charge is 0.113 e. The topological polar surface area (TPSA) is 48.1 Å². The highest BCUT2D eigenvalue weighted by Crippen LogP contribution is 2.37. The molecule has 0 amide bonds. The Labute approximate surface area is 106 Å². The van der Waals surface area contributed by atoms with Crippen molar-refractivity contribution in [2.24, 2.45) is 5.73 Å². The van der Waals surface area contributed by atoms with E-state index in [-0.39, 0.29) is 5.54 Å². The van der Waals surface area contributed by atoms with Crippen LogP contribution >= 0.6 is 11.3 Å². The maximum Gasteiger partial charge on any atom is 0.113 e. The third-order valence-corrected chi connectivity index (χ3v) is 5.12. The first kappa shape index (κ1) is 11.6. The summed E-state index contributed by atoms with van der Waals surface area (Å²) in [4.78, 5) is 4.80. The lowest BCUT2D eigenvalue weighted by molar-refractivity contribution is 0.193. The Kier molecular flexibility index (Phi) is 3.19. The molecule has 3 rings (SSSR count). The monoisotopic (exact) mass is 252 g/mol. The van der Waals surface area contributed by atoms with Gasteiger partial charge in [-0.3, -0.25) is 0 Å². The van der Waals surface area contributed by atoms with E-state index >= 15 is 0 Å². The van der Waals surface area contributed by atoms with E-state index in [1.165, 1.54) is 25.0 Å². The number of hydrogen-bond donors (Lipinski definition) is 1. The largest absolute Gasteiger partial charge is 0.381 e. The number of aromatic nitrogens is 1. The maximum absolute atomic E-state index is 6.51. The predicted molar refractivity (Wildman–Crippen MR) is 69.2 cm³/mol. The summed E-state index contributed by atoms with van der Waals surface area (Å²) in [6.07, 6.45) is 7.13. The van der Waals surface area contributed by atoms with Gasteiger partial charge in [-0.2, -0.15) is 0 Å². The van der Waals surface area contributed by atoms with E-state index in [0.29, 0.717) is 5.92 Å². The minimum Gasteiger partial charge on any atom is -0.381 e. The fraction of sp³-hybridized carbons (Fsp3) is 0.769. The lowest BCUT2D eigenvalue weighted by atomic mass is 9.83. The van der Waals surface area contributed by atoms with Gasteiger partial charge in [0, 0.05) is 17.9 Å². The van der Waals surface area contributed by atoms with Gasteiger partial charge in [0.15, 0.2) is 0 Å². The molecule has 1 unspecified atom stereocenters. The summed E-state index contributed by atoms with van der Waals surface area (Å²) < 4.78 is 5.42. The van der Waals surface area contributed by atoms with Gasteiger partial charge in [-0.25, -0.2) is 4.98 Å². The Hall–Kier alpha value is -0.450. The summed E-state index contributed by atoms with van der Waals surface area (Å²) in [6.45, 7) is 1.71. The predicted octanol–water partition coefficient (Wildman–Crippen LogP) is 2.77. The number of rotatable bonds is 2. The molecule has 2 N–H and O–H groups in total. The van der Waals surface area contributed by atoms with Crippen molar-refractivity contribution >= 4 is 11.3 Å². The molecule has 2 fully saturated rings. The number of hydrogen-bond acceptors (Lipinski definition) is 4. The standard InChI is InChI=1S/C13H20N2OS/c14-13(5-2-1-3-6-13)12-15-11(9-17-12)10-4-7-16-8-10/h9-10H,1-8,14H2. The molecule has 1 aliphatic heterocycles. The van der Waals surface area contributed by atoms with Crippen LogP contribution in [-0.2, 0) is 10.3 Å². The molecule has 17 heavy (non-hydrogen) atoms. The molecule has 1 aliphatic carbocycles. The van der Waals surface area contributed by atoms with Crippen LogP contribution in [0.5, 0.6) is 0 Å². The zero-order chi connectivity index (χ0) is 11.7. The summed E-state index contributed by atoms with van der Waals surface area (Å²) in [5.41, 5.74) is 7.58. The molecule has 1 saturated carbocycles. The average Bonchev–Trinajstić information content (AvgIpc) is 3.01. The first-order chi connectivity index (χ1) is 8.28. The molecule has 0 bridgehead atoms. The van der Waals surface area contributed by atoms with Crippen LogP contribution in [0.25, 0.3) is 0 Å². The minimum absolute atomic E-state index is 0.138. The Balaban J connectivity index is 1.78. The summed E-state index contributed by atoms with van der Waals surface area (Å²) in [7, 11) is 0. The Morgan fingerprint density at radius 2 is 2.18 bits per heavy atom. The highest BCUT2D eigenvalue weighted by molar-refractivity contribution is 7.09. The average molecular weight is 252 g/mol. The molecular formula is C13H20N2OS. The van der Waals surface area contributed by atoms with Crippen LogP contribution in [0.3, 0.4) is 0 Å². The third-order valence-electron chi connectivity index (χ3n) is 4.04. The summed E-state index contributed by atoms with van der Waals surface area (Å²) in [6, 6.07) is 0. The number of nitrogens with two attached hydrogens (primary N) is 1. The van der Waals surface area contributed by atoms with Crippen molar-refractivity contribution in [2.45, 2.75) is 50.0 Å². The van der Waals surface area contributed by atoms with Crippen molar-refractivity contribution in [3.63, 3.8) is 0 Å². The van der Waals surface area contributed by atoms with E-state index in [1.54, 1.807) is 11.3 Å². The van der Waals surface area contributed by atoms with Crippen molar-refractivity contribution in [1.82, 2.24) is 4.98 Å². The molecule has 0 spiro atoms. The molecule has 0 radical (unpaired) electrons. The Morgan fingerprint density at radius 3 is 2.88 bits per heavy atom. The molecule has 0 aromatic carbocycles.